The number of ether oxygens (including phenoxy) is 1. The van der Waals surface area contributed by atoms with E-state index in [0.29, 0.717) is 6.07 Å². The maximum Gasteiger partial charge on any atom is 0.350 e. The van der Waals surface area contributed by atoms with Gasteiger partial charge in [0.15, 0.2) is 5.82 Å². The van der Waals surface area contributed by atoms with Crippen molar-refractivity contribution in [2.75, 3.05) is 7.11 Å². The van der Waals surface area contributed by atoms with Crippen LogP contribution in [-0.4, -0.2) is 17.9 Å². The topological polar surface area (TPSA) is 95.5 Å². The Kier molecular flexibility index (Phi) is 3.02. The minimum Gasteiger partial charge on any atom is -0.489 e. The van der Waals surface area contributed by atoms with Crippen molar-refractivity contribution in [1.82, 2.24) is 0 Å². The van der Waals surface area contributed by atoms with E-state index in [0.717, 1.165) is 7.11 Å². The van der Waals surface area contributed by atoms with Gasteiger partial charge in [0.25, 0.3) is 5.91 Å². The van der Waals surface area contributed by atoms with Gasteiger partial charge in [-0.1, -0.05) is 0 Å². The first-order valence-electron chi connectivity index (χ1n) is 3.90. The average molecular weight is 232 g/mol. The average Bonchev–Trinajstić information content (AvgIpc) is 2.20. The van der Waals surface area contributed by atoms with Crippen molar-refractivity contribution in [1.29, 1.82) is 0 Å². The van der Waals surface area contributed by atoms with Gasteiger partial charge >= 0.3 is 5.69 Å². The minimum atomic E-state index is -1.70. The number of nitrogens with zero attached hydrogens (tertiary/aromatic N) is 1. The summed E-state index contributed by atoms with van der Waals surface area (Å²) in [5, 5.41) is 10.5. The van der Waals surface area contributed by atoms with E-state index in [-0.39, 0.29) is 0 Å². The van der Waals surface area contributed by atoms with Crippen LogP contribution in [0.2, 0.25) is 0 Å². The number of hydrogen-bond acceptors (Lipinski definition) is 4. The highest BCUT2D eigenvalue weighted by Gasteiger charge is 2.30. The molecule has 8 heteroatoms. The van der Waals surface area contributed by atoms with Gasteiger partial charge in [-0.15, -0.1) is 0 Å². The molecule has 0 saturated heterocycles. The van der Waals surface area contributed by atoms with E-state index in [9.17, 15) is 23.7 Å². The normalized spacial score (nSPS) is 9.94. The van der Waals surface area contributed by atoms with Crippen molar-refractivity contribution in [3.63, 3.8) is 0 Å². The molecule has 0 aliphatic rings. The number of carbonyl (C=O) groups is 1. The van der Waals surface area contributed by atoms with Crippen LogP contribution in [0.1, 0.15) is 10.4 Å². The molecule has 0 spiro atoms. The number of methoxy groups -OCH3 is 1. The number of rotatable bonds is 3. The number of hydrogen-bond donors (Lipinski definition) is 1. The number of nitrogens with two attached hydrogens (primary N) is 1. The van der Waals surface area contributed by atoms with Crippen LogP contribution in [0.25, 0.3) is 0 Å². The van der Waals surface area contributed by atoms with Gasteiger partial charge in [-0.3, -0.25) is 14.9 Å². The number of carbonyl (C=O) groups excluding carboxylic acids is 1. The van der Waals surface area contributed by atoms with Crippen LogP contribution in [0.5, 0.6) is 5.75 Å². The molecule has 1 aromatic carbocycles. The fraction of sp³-hybridized carbons (Fsp3) is 0.125. The van der Waals surface area contributed by atoms with Crippen LogP contribution >= 0.6 is 0 Å². The summed E-state index contributed by atoms with van der Waals surface area (Å²) in [4.78, 5) is 20.2. The number of benzene rings is 1. The van der Waals surface area contributed by atoms with Crippen molar-refractivity contribution < 1.29 is 23.2 Å². The summed E-state index contributed by atoms with van der Waals surface area (Å²) < 4.78 is 30.5. The van der Waals surface area contributed by atoms with E-state index in [1.807, 2.05) is 0 Å². The molecule has 0 atom stereocenters. The third kappa shape index (κ3) is 1.76. The van der Waals surface area contributed by atoms with Gasteiger partial charge in [0.1, 0.15) is 0 Å². The Morgan fingerprint density at radius 1 is 1.56 bits per heavy atom. The van der Waals surface area contributed by atoms with Gasteiger partial charge < -0.3 is 10.5 Å². The zero-order chi connectivity index (χ0) is 12.5. The van der Waals surface area contributed by atoms with Crippen LogP contribution in [0.3, 0.4) is 0 Å². The molecule has 86 valence electrons. The summed E-state index contributed by atoms with van der Waals surface area (Å²) in [6, 6.07) is 0.448. The second-order valence-corrected chi connectivity index (χ2v) is 2.72. The van der Waals surface area contributed by atoms with Crippen molar-refractivity contribution in [2.45, 2.75) is 0 Å². The number of amides is 1. The molecule has 0 saturated carbocycles. The van der Waals surface area contributed by atoms with Gasteiger partial charge in [-0.05, 0) is 6.07 Å². The fourth-order valence-electron chi connectivity index (χ4n) is 1.15. The SMILES string of the molecule is COc1c(C(N)=O)cc(F)c(F)c1[N+](=O)[O-]. The molecule has 2 N–H and O–H groups in total. The molecule has 0 unspecified atom stereocenters. The smallest absolute Gasteiger partial charge is 0.350 e. The van der Waals surface area contributed by atoms with Crippen molar-refractivity contribution >= 4 is 11.6 Å². The van der Waals surface area contributed by atoms with Gasteiger partial charge in [0, 0.05) is 0 Å². The molecular weight excluding hydrogens is 226 g/mol. The standard InChI is InChI=1S/C8H6F2N2O4/c1-16-7-3(8(11)13)2-4(9)5(10)6(7)12(14)15/h2H,1H3,(H2,11,13). The van der Waals surface area contributed by atoms with E-state index in [2.05, 4.69) is 4.74 Å². The number of nitro groups is 1. The fourth-order valence-corrected chi connectivity index (χ4v) is 1.15. The molecule has 6 nitrogen and oxygen atoms in total. The van der Waals surface area contributed by atoms with Crippen LogP contribution in [0, 0.1) is 21.7 Å². The number of primary amides is 1. The molecule has 0 heterocycles. The number of nitro benzene ring substituents is 1. The monoisotopic (exact) mass is 232 g/mol. The lowest BCUT2D eigenvalue weighted by atomic mass is 10.1. The predicted octanol–water partition coefficient (Wildman–Crippen LogP) is 0.981. The summed E-state index contributed by atoms with van der Waals surface area (Å²) in [5.41, 5.74) is 3.00. The predicted molar refractivity (Wildman–Crippen MR) is 48.1 cm³/mol. The minimum absolute atomic E-state index is 0.448. The Labute approximate surface area is 87.8 Å². The second-order valence-electron chi connectivity index (χ2n) is 2.72. The zero-order valence-corrected chi connectivity index (χ0v) is 7.99. The summed E-state index contributed by atoms with van der Waals surface area (Å²) in [5.74, 6) is -5.09. The molecule has 0 aromatic heterocycles. The first-order valence-corrected chi connectivity index (χ1v) is 3.90. The Bertz CT molecular complexity index is 476. The van der Waals surface area contributed by atoms with Crippen LogP contribution in [0.15, 0.2) is 6.07 Å². The van der Waals surface area contributed by atoms with Crippen LogP contribution in [-0.2, 0) is 0 Å². The largest absolute Gasteiger partial charge is 0.489 e. The summed E-state index contributed by atoms with van der Waals surface area (Å²) in [6.45, 7) is 0. The molecule has 0 radical (unpaired) electrons. The van der Waals surface area contributed by atoms with Gasteiger partial charge in [0.05, 0.1) is 17.6 Å². The lowest BCUT2D eigenvalue weighted by Crippen LogP contribution is -2.15. The van der Waals surface area contributed by atoms with E-state index in [1.54, 1.807) is 0 Å². The molecule has 1 amide bonds. The molecule has 1 rings (SSSR count). The van der Waals surface area contributed by atoms with E-state index in [4.69, 9.17) is 5.73 Å². The second kappa shape index (κ2) is 4.09. The van der Waals surface area contributed by atoms with Crippen molar-refractivity contribution in [2.24, 2.45) is 5.73 Å². The maximum atomic E-state index is 13.1. The lowest BCUT2D eigenvalue weighted by Gasteiger charge is -2.07. The zero-order valence-electron chi connectivity index (χ0n) is 7.99. The highest BCUT2D eigenvalue weighted by atomic mass is 19.2. The highest BCUT2D eigenvalue weighted by molar-refractivity contribution is 5.97. The molecule has 1 aromatic rings. The van der Waals surface area contributed by atoms with Crippen LogP contribution in [0.4, 0.5) is 14.5 Å². The van der Waals surface area contributed by atoms with E-state index in [1.165, 1.54) is 0 Å². The first kappa shape index (κ1) is 11.8. The van der Waals surface area contributed by atoms with E-state index < -0.39 is 39.5 Å². The molecule has 0 aliphatic heterocycles. The van der Waals surface area contributed by atoms with Crippen LogP contribution < -0.4 is 10.5 Å². The quantitative estimate of drug-likeness (QED) is 0.620. The Morgan fingerprint density at radius 2 is 2.12 bits per heavy atom. The lowest BCUT2D eigenvalue weighted by molar-refractivity contribution is -0.388. The molecule has 16 heavy (non-hydrogen) atoms. The van der Waals surface area contributed by atoms with Crippen molar-refractivity contribution in [3.05, 3.63) is 33.4 Å². The number of halogens is 2. The molecule has 0 bridgehead atoms. The maximum absolute atomic E-state index is 13.1. The van der Waals surface area contributed by atoms with E-state index >= 15 is 0 Å². The molecule has 0 fully saturated rings. The molecule has 0 aliphatic carbocycles. The third-order valence-corrected chi connectivity index (χ3v) is 1.80. The third-order valence-electron chi connectivity index (χ3n) is 1.80. The summed E-state index contributed by atoms with van der Waals surface area (Å²) >= 11 is 0. The van der Waals surface area contributed by atoms with Crippen molar-refractivity contribution in [3.8, 4) is 5.75 Å². The Balaban J connectivity index is 3.68. The molecular formula is C8H6F2N2O4. The Morgan fingerprint density at radius 3 is 2.50 bits per heavy atom. The van der Waals surface area contributed by atoms with Gasteiger partial charge in [-0.2, -0.15) is 4.39 Å². The highest BCUT2D eigenvalue weighted by Crippen LogP contribution is 2.34. The first-order chi connectivity index (χ1) is 7.40. The van der Waals surface area contributed by atoms with Gasteiger partial charge in [0.2, 0.25) is 11.6 Å². The summed E-state index contributed by atoms with van der Waals surface area (Å²) in [7, 11) is 0.978. The Hall–Kier alpha value is -2.25. The van der Waals surface area contributed by atoms with Gasteiger partial charge in [-0.25, -0.2) is 4.39 Å². The summed E-state index contributed by atoms with van der Waals surface area (Å²) in [6.07, 6.45) is 0.